The van der Waals surface area contributed by atoms with Gasteiger partial charge in [0, 0.05) is 11.8 Å². The minimum Gasteiger partial charge on any atom is -0.366 e. The van der Waals surface area contributed by atoms with Gasteiger partial charge < -0.3 is 5.73 Å². The number of hydroxylamine groups is 2. The lowest BCUT2D eigenvalue weighted by Crippen LogP contribution is -2.48. The molecule has 104 valence electrons. The number of guanidine groups is 1. The molecule has 0 spiro atoms. The number of hydrazone groups is 1. The van der Waals surface area contributed by atoms with Crippen LogP contribution in [0.1, 0.15) is 6.42 Å². The number of alkyl halides is 3. The molecule has 2 heterocycles. The maximum atomic E-state index is 12.2. The summed E-state index contributed by atoms with van der Waals surface area (Å²) in [5.41, 5.74) is -0.197. The molecule has 0 aromatic carbocycles. The van der Waals surface area contributed by atoms with E-state index in [1.54, 1.807) is 0 Å². The molecule has 2 atom stereocenters. The Hall–Kier alpha value is -0.880. The summed E-state index contributed by atoms with van der Waals surface area (Å²) in [6, 6.07) is 0. The molecule has 0 bridgehead atoms. The Morgan fingerprint density at radius 2 is 2.11 bits per heavy atom. The predicted molar refractivity (Wildman–Crippen MR) is 57.4 cm³/mol. The van der Waals surface area contributed by atoms with Crippen LogP contribution in [-0.4, -0.2) is 47.9 Å². The predicted octanol–water partition coefficient (Wildman–Crippen LogP) is -0.357. The molecule has 0 aromatic heterocycles. The first-order valence-corrected chi connectivity index (χ1v) is 6.65. The Labute approximate surface area is 106 Å². The quantitative estimate of drug-likeness (QED) is 0.535. The van der Waals surface area contributed by atoms with Gasteiger partial charge in [-0.3, -0.25) is 5.01 Å². The van der Waals surface area contributed by atoms with E-state index in [2.05, 4.69) is 22.0 Å². The average molecular weight is 306 g/mol. The third-order valence-electron chi connectivity index (χ3n) is 2.46. The van der Waals surface area contributed by atoms with Crippen LogP contribution >= 0.6 is 12.6 Å². The molecule has 0 radical (unpaired) electrons. The maximum absolute atomic E-state index is 12.2. The summed E-state index contributed by atoms with van der Waals surface area (Å²) in [5, 5.41) is 5.03. The minimum atomic E-state index is -5.77. The fourth-order valence-electron chi connectivity index (χ4n) is 1.67. The van der Waals surface area contributed by atoms with Gasteiger partial charge in [0.05, 0.1) is 0 Å². The lowest BCUT2D eigenvalue weighted by Gasteiger charge is -2.26. The molecule has 1 fully saturated rings. The number of nitrogens with two attached hydrogens (primary N) is 1. The Kier molecular flexibility index (Phi) is 3.06. The molecule has 7 nitrogen and oxygen atoms in total. The van der Waals surface area contributed by atoms with Crippen molar-refractivity contribution in [3.8, 4) is 0 Å². The number of halogens is 3. The third-order valence-corrected chi connectivity index (χ3v) is 3.91. The third kappa shape index (κ3) is 2.07. The van der Waals surface area contributed by atoms with E-state index < -0.39 is 33.0 Å². The Bertz CT molecular complexity index is 479. The Morgan fingerprint density at radius 3 is 2.67 bits per heavy atom. The first kappa shape index (κ1) is 13.5. The van der Waals surface area contributed by atoms with Gasteiger partial charge in [-0.15, -0.1) is 9.39 Å². The van der Waals surface area contributed by atoms with Gasteiger partial charge in [-0.2, -0.15) is 39.3 Å². The topological polar surface area (TPSA) is 88.2 Å². The molecule has 2 aliphatic heterocycles. The van der Waals surface area contributed by atoms with Crippen LogP contribution in [-0.2, 0) is 14.4 Å². The molecule has 2 rings (SSSR count). The van der Waals surface area contributed by atoms with E-state index in [1.165, 1.54) is 5.01 Å². The second-order valence-corrected chi connectivity index (χ2v) is 5.87. The van der Waals surface area contributed by atoms with Gasteiger partial charge in [0.15, 0.2) is 6.17 Å². The molecule has 0 aromatic rings. The van der Waals surface area contributed by atoms with Gasteiger partial charge in [0.25, 0.3) is 0 Å². The number of hydrogen-bond donors (Lipinski definition) is 2. The van der Waals surface area contributed by atoms with Gasteiger partial charge in [0.2, 0.25) is 5.96 Å². The van der Waals surface area contributed by atoms with E-state index in [0.29, 0.717) is 18.0 Å². The van der Waals surface area contributed by atoms with Gasteiger partial charge in [0.1, 0.15) is 0 Å². The number of rotatable bonds is 2. The number of fused-ring (bicyclic) bond motifs is 1. The second kappa shape index (κ2) is 4.06. The molecule has 0 amide bonds. The van der Waals surface area contributed by atoms with Crippen molar-refractivity contribution in [3.05, 3.63) is 0 Å². The molecule has 18 heavy (non-hydrogen) atoms. The number of nitrogens with zero attached hydrogens (tertiary/aromatic N) is 3. The summed E-state index contributed by atoms with van der Waals surface area (Å²) < 4.78 is 62.4. The second-order valence-electron chi connectivity index (χ2n) is 3.69. The van der Waals surface area contributed by atoms with Crippen molar-refractivity contribution in [3.63, 3.8) is 0 Å². The van der Waals surface area contributed by atoms with E-state index in [0.717, 1.165) is 0 Å². The van der Waals surface area contributed by atoms with Crippen LogP contribution < -0.4 is 5.73 Å². The van der Waals surface area contributed by atoms with Crippen molar-refractivity contribution in [2.24, 2.45) is 10.8 Å². The monoisotopic (exact) mass is 306 g/mol. The van der Waals surface area contributed by atoms with Crippen molar-refractivity contribution in [1.82, 2.24) is 10.1 Å². The molecule has 2 aliphatic rings. The highest BCUT2D eigenvalue weighted by Gasteiger charge is 2.53. The fourth-order valence-corrected chi connectivity index (χ4v) is 2.52. The highest BCUT2D eigenvalue weighted by atomic mass is 32.2. The standard InChI is InChI=1S/C6H9F3N4O3S2/c7-6(8,9)18(14,15)16-13-4-3(17)1-2-12(4)11-5(13)10/h3-4,17H,1-2H2,(H2,10,11). The van der Waals surface area contributed by atoms with Gasteiger partial charge in [-0.05, 0) is 6.42 Å². The summed E-state index contributed by atoms with van der Waals surface area (Å²) in [6.07, 6.45) is -0.332. The SMILES string of the molecule is NC1=NN2CCC(S)C2N1OS(=O)(=O)C(F)(F)F. The highest BCUT2D eigenvalue weighted by molar-refractivity contribution is 7.87. The highest BCUT2D eigenvalue weighted by Crippen LogP contribution is 2.33. The largest absolute Gasteiger partial charge is 0.525 e. The van der Waals surface area contributed by atoms with Crippen LogP contribution in [0.3, 0.4) is 0 Å². The van der Waals surface area contributed by atoms with Gasteiger partial charge >= 0.3 is 15.6 Å². The molecular formula is C6H9F3N4O3S2. The average Bonchev–Trinajstić information content (AvgIpc) is 2.68. The van der Waals surface area contributed by atoms with Crippen molar-refractivity contribution in [2.75, 3.05) is 6.54 Å². The van der Waals surface area contributed by atoms with Crippen LogP contribution in [0.2, 0.25) is 0 Å². The Morgan fingerprint density at radius 1 is 1.50 bits per heavy atom. The van der Waals surface area contributed by atoms with E-state index in [9.17, 15) is 21.6 Å². The van der Waals surface area contributed by atoms with Crippen molar-refractivity contribution >= 4 is 28.7 Å². The zero-order chi connectivity index (χ0) is 13.7. The molecule has 0 saturated carbocycles. The van der Waals surface area contributed by atoms with Crippen LogP contribution in [0, 0.1) is 0 Å². The molecule has 1 saturated heterocycles. The minimum absolute atomic E-state index is 0.408. The van der Waals surface area contributed by atoms with Crippen LogP contribution in [0.25, 0.3) is 0 Å². The summed E-state index contributed by atoms with van der Waals surface area (Å²) in [4.78, 5) is 0. The number of hydrogen-bond acceptors (Lipinski definition) is 8. The molecule has 12 heteroatoms. The maximum Gasteiger partial charge on any atom is 0.525 e. The lowest BCUT2D eigenvalue weighted by molar-refractivity contribution is -0.0932. The molecule has 0 aliphatic carbocycles. The van der Waals surface area contributed by atoms with Crippen LogP contribution in [0.15, 0.2) is 5.10 Å². The summed E-state index contributed by atoms with van der Waals surface area (Å²) in [6.45, 7) is 0.408. The molecule has 2 unspecified atom stereocenters. The first-order chi connectivity index (χ1) is 8.13. The van der Waals surface area contributed by atoms with Crippen LogP contribution in [0.4, 0.5) is 13.2 Å². The Balaban J connectivity index is 2.22. The van der Waals surface area contributed by atoms with Crippen molar-refractivity contribution < 1.29 is 25.9 Å². The van der Waals surface area contributed by atoms with Crippen LogP contribution in [0.5, 0.6) is 0 Å². The first-order valence-electron chi connectivity index (χ1n) is 4.72. The summed E-state index contributed by atoms with van der Waals surface area (Å²) in [7, 11) is -5.77. The number of thiol groups is 1. The molecule has 2 N–H and O–H groups in total. The lowest BCUT2D eigenvalue weighted by atomic mass is 10.3. The zero-order valence-electron chi connectivity index (χ0n) is 8.70. The van der Waals surface area contributed by atoms with E-state index in [-0.39, 0.29) is 0 Å². The van der Waals surface area contributed by atoms with E-state index in [1.807, 2.05) is 0 Å². The normalized spacial score (nSPS) is 28.6. The van der Waals surface area contributed by atoms with Crippen molar-refractivity contribution in [2.45, 2.75) is 23.3 Å². The van der Waals surface area contributed by atoms with Crippen molar-refractivity contribution in [1.29, 1.82) is 0 Å². The van der Waals surface area contributed by atoms with E-state index >= 15 is 0 Å². The fraction of sp³-hybridized carbons (Fsp3) is 0.833. The van der Waals surface area contributed by atoms with Gasteiger partial charge in [-0.25, -0.2) is 0 Å². The van der Waals surface area contributed by atoms with Gasteiger partial charge in [-0.1, -0.05) is 0 Å². The summed E-state index contributed by atoms with van der Waals surface area (Å²) in [5.74, 6) is -0.452. The zero-order valence-corrected chi connectivity index (χ0v) is 10.4. The van der Waals surface area contributed by atoms with E-state index in [4.69, 9.17) is 5.73 Å². The molecular weight excluding hydrogens is 297 g/mol. The smallest absolute Gasteiger partial charge is 0.366 e. The summed E-state index contributed by atoms with van der Waals surface area (Å²) >= 11 is 4.12.